The van der Waals surface area contributed by atoms with Crippen LogP contribution in [0.3, 0.4) is 0 Å². The molecule has 2 aromatic heterocycles. The molecule has 0 unspecified atom stereocenters. The number of piperazine rings is 1. The molecule has 5 heteroatoms. The van der Waals surface area contributed by atoms with Crippen LogP contribution in [0.1, 0.15) is 28.2 Å². The first-order valence-corrected chi connectivity index (χ1v) is 12.1. The molecule has 0 amide bonds. The Hall–Kier alpha value is -2.92. The van der Waals surface area contributed by atoms with Crippen LogP contribution in [0.5, 0.6) is 0 Å². The molecule has 4 nitrogen and oxygen atoms in total. The molecule has 3 heterocycles. The van der Waals surface area contributed by atoms with Crippen molar-refractivity contribution in [3.05, 3.63) is 82.5 Å². The van der Waals surface area contributed by atoms with E-state index in [0.29, 0.717) is 0 Å². The average Bonchev–Trinajstić information content (AvgIpc) is 3.41. The van der Waals surface area contributed by atoms with Crippen molar-refractivity contribution in [2.24, 2.45) is 0 Å². The number of aryl methyl sites for hydroxylation is 2. The van der Waals surface area contributed by atoms with E-state index in [1.54, 1.807) is 0 Å². The quantitative estimate of drug-likeness (QED) is 0.455. The van der Waals surface area contributed by atoms with Crippen molar-refractivity contribution >= 4 is 33.1 Å². The number of aromatic nitrogens is 2. The third-order valence-electron chi connectivity index (χ3n) is 6.50. The van der Waals surface area contributed by atoms with E-state index < -0.39 is 0 Å². The van der Waals surface area contributed by atoms with Gasteiger partial charge in [-0.05, 0) is 42.5 Å². The molecule has 156 valence electrons. The van der Waals surface area contributed by atoms with Crippen LogP contribution >= 0.6 is 11.3 Å². The SMILES string of the molecule is c1ccc(Cc2nc(N3CCN(c4ccccc4)CC3)c3c4c(sc3n2)CCC4)cc1. The number of nitrogens with zero attached hydrogens (tertiary/aromatic N) is 4. The van der Waals surface area contributed by atoms with Gasteiger partial charge in [0.05, 0.1) is 5.39 Å². The van der Waals surface area contributed by atoms with Gasteiger partial charge in [-0.25, -0.2) is 9.97 Å². The number of fused-ring (bicyclic) bond motifs is 3. The Balaban J connectivity index is 1.34. The van der Waals surface area contributed by atoms with Crippen molar-refractivity contribution in [2.45, 2.75) is 25.7 Å². The number of benzene rings is 2. The molecule has 4 aromatic rings. The van der Waals surface area contributed by atoms with Crippen molar-refractivity contribution < 1.29 is 0 Å². The summed E-state index contributed by atoms with van der Waals surface area (Å²) >= 11 is 1.90. The lowest BCUT2D eigenvalue weighted by atomic mass is 10.1. The summed E-state index contributed by atoms with van der Waals surface area (Å²) in [4.78, 5) is 17.9. The first-order valence-electron chi connectivity index (χ1n) is 11.3. The Morgan fingerprint density at radius 3 is 2.26 bits per heavy atom. The van der Waals surface area contributed by atoms with Crippen molar-refractivity contribution in [2.75, 3.05) is 36.0 Å². The average molecular weight is 427 g/mol. The zero-order chi connectivity index (χ0) is 20.6. The standard InChI is InChI=1S/C26H26N4S/c1-3-8-19(9-4-1)18-23-27-25(24-21-12-7-13-22(21)31-26(24)28-23)30-16-14-29(15-17-30)20-10-5-2-6-11-20/h1-6,8-11H,7,12-18H2. The number of hydrogen-bond donors (Lipinski definition) is 0. The summed E-state index contributed by atoms with van der Waals surface area (Å²) in [5.74, 6) is 2.11. The zero-order valence-electron chi connectivity index (χ0n) is 17.6. The fraction of sp³-hybridized carbons (Fsp3) is 0.308. The molecule has 0 saturated carbocycles. The molecule has 1 saturated heterocycles. The molecular formula is C26H26N4S. The molecule has 2 aliphatic rings. The molecule has 1 aliphatic heterocycles. The molecule has 1 aliphatic carbocycles. The van der Waals surface area contributed by atoms with Gasteiger partial charge in [0.25, 0.3) is 0 Å². The summed E-state index contributed by atoms with van der Waals surface area (Å²) in [5.41, 5.74) is 4.11. The lowest BCUT2D eigenvalue weighted by molar-refractivity contribution is 0.647. The van der Waals surface area contributed by atoms with Gasteiger partial charge < -0.3 is 9.80 Å². The van der Waals surface area contributed by atoms with Gasteiger partial charge >= 0.3 is 0 Å². The minimum Gasteiger partial charge on any atom is -0.368 e. The van der Waals surface area contributed by atoms with Crippen LogP contribution in [-0.4, -0.2) is 36.1 Å². The van der Waals surface area contributed by atoms with Crippen LogP contribution in [-0.2, 0) is 19.3 Å². The Labute approximate surface area is 187 Å². The molecule has 1 fully saturated rings. The summed E-state index contributed by atoms with van der Waals surface area (Å²) < 4.78 is 0. The first kappa shape index (κ1) is 18.8. The Morgan fingerprint density at radius 1 is 0.774 bits per heavy atom. The van der Waals surface area contributed by atoms with E-state index >= 15 is 0 Å². The number of anilines is 2. The molecule has 6 rings (SSSR count). The fourth-order valence-corrected chi connectivity index (χ4v) is 6.20. The van der Waals surface area contributed by atoms with E-state index in [0.717, 1.165) is 38.4 Å². The molecule has 0 N–H and O–H groups in total. The highest BCUT2D eigenvalue weighted by molar-refractivity contribution is 7.19. The third-order valence-corrected chi connectivity index (χ3v) is 7.68. The van der Waals surface area contributed by atoms with Crippen LogP contribution in [0.4, 0.5) is 11.5 Å². The van der Waals surface area contributed by atoms with Gasteiger partial charge in [-0.2, -0.15) is 0 Å². The number of para-hydroxylation sites is 1. The van der Waals surface area contributed by atoms with E-state index in [4.69, 9.17) is 9.97 Å². The predicted molar refractivity (Wildman–Crippen MR) is 130 cm³/mol. The van der Waals surface area contributed by atoms with Gasteiger partial charge in [-0.15, -0.1) is 11.3 Å². The third kappa shape index (κ3) is 3.57. The second-order valence-corrected chi connectivity index (χ2v) is 9.56. The van der Waals surface area contributed by atoms with Gasteiger partial charge in [0.1, 0.15) is 16.5 Å². The van der Waals surface area contributed by atoms with Crippen LogP contribution < -0.4 is 9.80 Å². The van der Waals surface area contributed by atoms with E-state index in [1.165, 1.54) is 57.0 Å². The number of hydrogen-bond acceptors (Lipinski definition) is 5. The number of rotatable bonds is 4. The number of thiophene rings is 1. The van der Waals surface area contributed by atoms with Crippen molar-refractivity contribution in [3.63, 3.8) is 0 Å². The maximum absolute atomic E-state index is 5.17. The molecule has 0 atom stereocenters. The molecule has 0 bridgehead atoms. The van der Waals surface area contributed by atoms with Crippen LogP contribution in [0.15, 0.2) is 60.7 Å². The van der Waals surface area contributed by atoms with E-state index in [9.17, 15) is 0 Å². The Bertz CT molecular complexity index is 1190. The van der Waals surface area contributed by atoms with Gasteiger partial charge in [-0.3, -0.25) is 0 Å². The lowest BCUT2D eigenvalue weighted by Crippen LogP contribution is -2.47. The Kier molecular flexibility index (Phi) is 4.84. The summed E-state index contributed by atoms with van der Waals surface area (Å²) in [6.45, 7) is 4.04. The van der Waals surface area contributed by atoms with Gasteiger partial charge in [0.15, 0.2) is 0 Å². The van der Waals surface area contributed by atoms with Crippen molar-refractivity contribution in [1.29, 1.82) is 0 Å². The van der Waals surface area contributed by atoms with Gasteiger partial charge in [0.2, 0.25) is 0 Å². The molecule has 0 spiro atoms. The molecule has 2 aromatic carbocycles. The fourth-order valence-electron chi connectivity index (χ4n) is 4.92. The highest BCUT2D eigenvalue weighted by Gasteiger charge is 2.27. The molecule has 31 heavy (non-hydrogen) atoms. The summed E-state index contributed by atoms with van der Waals surface area (Å²) in [6, 6.07) is 21.3. The molecular weight excluding hydrogens is 400 g/mol. The maximum Gasteiger partial charge on any atom is 0.141 e. The van der Waals surface area contributed by atoms with Crippen LogP contribution in [0.2, 0.25) is 0 Å². The second-order valence-electron chi connectivity index (χ2n) is 8.47. The lowest BCUT2D eigenvalue weighted by Gasteiger charge is -2.37. The maximum atomic E-state index is 5.17. The van der Waals surface area contributed by atoms with Crippen molar-refractivity contribution in [3.8, 4) is 0 Å². The Morgan fingerprint density at radius 2 is 1.48 bits per heavy atom. The van der Waals surface area contributed by atoms with Crippen LogP contribution in [0.25, 0.3) is 10.2 Å². The monoisotopic (exact) mass is 426 g/mol. The minimum absolute atomic E-state index is 0.788. The van der Waals surface area contributed by atoms with E-state index in [-0.39, 0.29) is 0 Å². The normalized spacial score (nSPS) is 16.1. The van der Waals surface area contributed by atoms with Gasteiger partial charge in [-0.1, -0.05) is 48.5 Å². The van der Waals surface area contributed by atoms with Crippen molar-refractivity contribution in [1.82, 2.24) is 9.97 Å². The van der Waals surface area contributed by atoms with E-state index in [1.807, 2.05) is 11.3 Å². The largest absolute Gasteiger partial charge is 0.368 e. The topological polar surface area (TPSA) is 32.3 Å². The van der Waals surface area contributed by atoms with E-state index in [2.05, 4.69) is 70.5 Å². The minimum atomic E-state index is 0.788. The smallest absolute Gasteiger partial charge is 0.141 e. The summed E-state index contributed by atoms with van der Waals surface area (Å²) in [7, 11) is 0. The predicted octanol–water partition coefficient (Wildman–Crippen LogP) is 5.10. The summed E-state index contributed by atoms with van der Waals surface area (Å²) in [5, 5.41) is 1.34. The van der Waals surface area contributed by atoms with Gasteiger partial charge in [0, 0.05) is 43.2 Å². The zero-order valence-corrected chi connectivity index (χ0v) is 18.4. The first-order chi connectivity index (χ1) is 15.3. The highest BCUT2D eigenvalue weighted by atomic mass is 32.1. The van der Waals surface area contributed by atoms with Crippen LogP contribution in [0, 0.1) is 0 Å². The summed E-state index contributed by atoms with van der Waals surface area (Å²) in [6.07, 6.45) is 4.43. The molecule has 0 radical (unpaired) electrons. The second kappa shape index (κ2) is 7.97. The highest BCUT2D eigenvalue weighted by Crippen LogP contribution is 2.41.